The van der Waals surface area contributed by atoms with Gasteiger partial charge >= 0.3 is 0 Å². The lowest BCUT2D eigenvalue weighted by atomic mass is 9.90. The van der Waals surface area contributed by atoms with Crippen molar-refractivity contribution >= 4 is 5.91 Å². The maximum atomic E-state index is 11.8. The SMILES string of the molecule is O=C1C=C[C@H](COCc2ccccc2)[C@H]2CC=CCN12. The first-order chi connectivity index (χ1) is 9.84. The molecule has 0 aromatic heterocycles. The second kappa shape index (κ2) is 6.06. The molecule has 1 amide bonds. The number of benzene rings is 1. The second-order valence-electron chi connectivity index (χ2n) is 5.29. The predicted octanol–water partition coefficient (Wildman–Crippen LogP) is 2.55. The van der Waals surface area contributed by atoms with Gasteiger partial charge in [-0.05, 0) is 18.1 Å². The number of amides is 1. The van der Waals surface area contributed by atoms with Crippen molar-refractivity contribution in [1.29, 1.82) is 0 Å². The van der Waals surface area contributed by atoms with Crippen LogP contribution in [0.2, 0.25) is 0 Å². The lowest BCUT2D eigenvalue weighted by molar-refractivity contribution is -0.130. The van der Waals surface area contributed by atoms with Crippen molar-refractivity contribution in [3.63, 3.8) is 0 Å². The Kier molecular flexibility index (Phi) is 3.97. The summed E-state index contributed by atoms with van der Waals surface area (Å²) in [6.07, 6.45) is 8.85. The van der Waals surface area contributed by atoms with E-state index in [1.165, 1.54) is 5.56 Å². The maximum absolute atomic E-state index is 11.8. The molecule has 2 aliphatic heterocycles. The minimum Gasteiger partial charge on any atom is -0.376 e. The van der Waals surface area contributed by atoms with E-state index in [0.717, 1.165) is 13.0 Å². The molecule has 0 aliphatic carbocycles. The van der Waals surface area contributed by atoms with Crippen LogP contribution in [0.3, 0.4) is 0 Å². The highest BCUT2D eigenvalue weighted by atomic mass is 16.5. The van der Waals surface area contributed by atoms with Crippen molar-refractivity contribution in [3.05, 3.63) is 60.2 Å². The van der Waals surface area contributed by atoms with Crippen molar-refractivity contribution in [2.24, 2.45) is 5.92 Å². The Morgan fingerprint density at radius 2 is 2.05 bits per heavy atom. The number of nitrogens with zero attached hydrogens (tertiary/aromatic N) is 1. The van der Waals surface area contributed by atoms with E-state index < -0.39 is 0 Å². The molecule has 0 N–H and O–H groups in total. The van der Waals surface area contributed by atoms with Crippen LogP contribution in [0.25, 0.3) is 0 Å². The van der Waals surface area contributed by atoms with Crippen LogP contribution in [0, 0.1) is 5.92 Å². The Hall–Kier alpha value is -1.87. The van der Waals surface area contributed by atoms with Gasteiger partial charge in [0, 0.05) is 18.5 Å². The molecular weight excluding hydrogens is 250 g/mol. The standard InChI is InChI=1S/C17H19NO2/c19-17-10-9-15(16-8-4-5-11-18(16)17)13-20-12-14-6-2-1-3-7-14/h1-7,9-10,15-16H,8,11-13H2/t15-,16-/m1/s1. The van der Waals surface area contributed by atoms with Crippen molar-refractivity contribution < 1.29 is 9.53 Å². The molecule has 0 saturated heterocycles. The molecule has 0 saturated carbocycles. The summed E-state index contributed by atoms with van der Waals surface area (Å²) in [6, 6.07) is 10.4. The van der Waals surface area contributed by atoms with Gasteiger partial charge < -0.3 is 9.64 Å². The van der Waals surface area contributed by atoms with Gasteiger partial charge in [0.15, 0.2) is 0 Å². The van der Waals surface area contributed by atoms with Crippen LogP contribution in [-0.4, -0.2) is 30.0 Å². The molecule has 0 fully saturated rings. The van der Waals surface area contributed by atoms with Crippen molar-refractivity contribution in [1.82, 2.24) is 4.90 Å². The molecule has 2 atom stereocenters. The Labute approximate surface area is 119 Å². The summed E-state index contributed by atoms with van der Waals surface area (Å²) in [5.74, 6) is 0.417. The average molecular weight is 269 g/mol. The smallest absolute Gasteiger partial charge is 0.246 e. The van der Waals surface area contributed by atoms with Gasteiger partial charge in [-0.2, -0.15) is 0 Å². The van der Waals surface area contributed by atoms with Gasteiger partial charge in [-0.1, -0.05) is 48.6 Å². The number of hydrogen-bond donors (Lipinski definition) is 0. The summed E-state index contributed by atoms with van der Waals surface area (Å²) >= 11 is 0. The van der Waals surface area contributed by atoms with Gasteiger partial charge in [-0.15, -0.1) is 0 Å². The molecule has 20 heavy (non-hydrogen) atoms. The quantitative estimate of drug-likeness (QED) is 0.786. The third kappa shape index (κ3) is 2.83. The Balaban J connectivity index is 1.58. The first kappa shape index (κ1) is 13.1. The normalized spacial score (nSPS) is 24.8. The van der Waals surface area contributed by atoms with Crippen LogP contribution in [0.5, 0.6) is 0 Å². The number of carbonyl (C=O) groups excluding carboxylic acids is 1. The minimum absolute atomic E-state index is 0.124. The summed E-state index contributed by atoms with van der Waals surface area (Å²) in [4.78, 5) is 13.8. The van der Waals surface area contributed by atoms with E-state index in [1.807, 2.05) is 29.2 Å². The fraction of sp³-hybridized carbons (Fsp3) is 0.353. The van der Waals surface area contributed by atoms with E-state index in [1.54, 1.807) is 6.08 Å². The van der Waals surface area contributed by atoms with Gasteiger partial charge in [0.05, 0.1) is 13.2 Å². The van der Waals surface area contributed by atoms with Gasteiger partial charge in [0.1, 0.15) is 0 Å². The molecule has 0 radical (unpaired) electrons. The van der Waals surface area contributed by atoms with E-state index in [0.29, 0.717) is 19.1 Å². The number of ether oxygens (including phenoxy) is 1. The summed E-state index contributed by atoms with van der Waals surface area (Å²) in [6.45, 7) is 2.01. The van der Waals surface area contributed by atoms with Crippen molar-refractivity contribution in [2.75, 3.05) is 13.2 Å². The van der Waals surface area contributed by atoms with Crippen LogP contribution in [-0.2, 0) is 16.1 Å². The second-order valence-corrected chi connectivity index (χ2v) is 5.29. The van der Waals surface area contributed by atoms with Gasteiger partial charge in [-0.25, -0.2) is 0 Å². The number of fused-ring (bicyclic) bond motifs is 1. The maximum Gasteiger partial charge on any atom is 0.246 e. The lowest BCUT2D eigenvalue weighted by Gasteiger charge is -2.39. The van der Waals surface area contributed by atoms with Crippen LogP contribution in [0.15, 0.2) is 54.6 Å². The lowest BCUT2D eigenvalue weighted by Crippen LogP contribution is -2.48. The molecule has 0 unspecified atom stereocenters. The summed E-state index contributed by atoms with van der Waals surface area (Å²) in [5.41, 5.74) is 1.18. The average Bonchev–Trinajstić information content (AvgIpc) is 2.51. The van der Waals surface area contributed by atoms with Crippen molar-refractivity contribution in [3.8, 4) is 0 Å². The van der Waals surface area contributed by atoms with Crippen LogP contribution < -0.4 is 0 Å². The third-order valence-corrected chi connectivity index (χ3v) is 3.93. The molecule has 3 rings (SSSR count). The van der Waals surface area contributed by atoms with Crippen molar-refractivity contribution in [2.45, 2.75) is 19.1 Å². The fourth-order valence-corrected chi connectivity index (χ4v) is 2.83. The number of carbonyl (C=O) groups is 1. The molecule has 104 valence electrons. The number of rotatable bonds is 4. The van der Waals surface area contributed by atoms with Gasteiger partial charge in [0.25, 0.3) is 0 Å². The molecule has 3 nitrogen and oxygen atoms in total. The highest BCUT2D eigenvalue weighted by Gasteiger charge is 2.32. The van der Waals surface area contributed by atoms with E-state index in [9.17, 15) is 4.79 Å². The molecule has 3 heteroatoms. The zero-order chi connectivity index (χ0) is 13.8. The van der Waals surface area contributed by atoms with Crippen LogP contribution >= 0.6 is 0 Å². The first-order valence-corrected chi connectivity index (χ1v) is 7.10. The first-order valence-electron chi connectivity index (χ1n) is 7.10. The van der Waals surface area contributed by atoms with Crippen LogP contribution in [0.4, 0.5) is 0 Å². The Morgan fingerprint density at radius 3 is 2.90 bits per heavy atom. The highest BCUT2D eigenvalue weighted by Crippen LogP contribution is 2.25. The molecule has 0 bridgehead atoms. The topological polar surface area (TPSA) is 29.5 Å². The Morgan fingerprint density at radius 1 is 1.20 bits per heavy atom. The summed E-state index contributed by atoms with van der Waals surface area (Å²) in [7, 11) is 0. The Bertz CT molecular complexity index is 521. The fourth-order valence-electron chi connectivity index (χ4n) is 2.83. The summed E-state index contributed by atoms with van der Waals surface area (Å²) in [5, 5.41) is 0. The molecule has 1 aromatic carbocycles. The van der Waals surface area contributed by atoms with E-state index in [4.69, 9.17) is 4.74 Å². The zero-order valence-corrected chi connectivity index (χ0v) is 11.4. The zero-order valence-electron chi connectivity index (χ0n) is 11.4. The van der Waals surface area contributed by atoms with E-state index in [-0.39, 0.29) is 11.9 Å². The summed E-state index contributed by atoms with van der Waals surface area (Å²) < 4.78 is 5.83. The molecule has 2 heterocycles. The largest absolute Gasteiger partial charge is 0.376 e. The highest BCUT2D eigenvalue weighted by molar-refractivity contribution is 5.89. The number of hydrogen-bond acceptors (Lipinski definition) is 2. The molecular formula is C17H19NO2. The monoisotopic (exact) mass is 269 g/mol. The van der Waals surface area contributed by atoms with Gasteiger partial charge in [0.2, 0.25) is 5.91 Å². The van der Waals surface area contributed by atoms with E-state index in [2.05, 4.69) is 24.3 Å². The predicted molar refractivity (Wildman–Crippen MR) is 78.0 cm³/mol. The third-order valence-electron chi connectivity index (χ3n) is 3.93. The molecule has 1 aromatic rings. The molecule has 2 aliphatic rings. The van der Waals surface area contributed by atoms with Crippen LogP contribution in [0.1, 0.15) is 12.0 Å². The minimum atomic E-state index is 0.124. The molecule has 0 spiro atoms. The van der Waals surface area contributed by atoms with Gasteiger partial charge in [-0.3, -0.25) is 4.79 Å². The van der Waals surface area contributed by atoms with E-state index >= 15 is 0 Å².